The fraction of sp³-hybridized carbons (Fsp3) is 0.278. The second-order valence-electron chi connectivity index (χ2n) is 4.71. The number of rotatable bonds is 8. The molecule has 0 saturated carbocycles. The van der Waals surface area contributed by atoms with Gasteiger partial charge in [-0.3, -0.25) is 0 Å². The van der Waals surface area contributed by atoms with Crippen LogP contribution in [0.5, 0.6) is 23.0 Å². The van der Waals surface area contributed by atoms with E-state index in [0.29, 0.717) is 47.1 Å². The number of methoxy groups -OCH3 is 1. The molecule has 0 bridgehead atoms. The lowest BCUT2D eigenvalue weighted by atomic mass is 10.2. The highest BCUT2D eigenvalue weighted by Gasteiger charge is 2.12. The summed E-state index contributed by atoms with van der Waals surface area (Å²) in [6.45, 7) is 3.06. The van der Waals surface area contributed by atoms with Crippen LogP contribution < -0.4 is 18.9 Å². The molecular weight excluding hydrogens is 374 g/mol. The Bertz CT molecular complexity index is 727. The van der Waals surface area contributed by atoms with Gasteiger partial charge in [0.25, 0.3) is 0 Å². The van der Waals surface area contributed by atoms with Gasteiger partial charge in [0, 0.05) is 12.1 Å². The van der Waals surface area contributed by atoms with Crippen LogP contribution >= 0.6 is 15.9 Å². The number of hydrogen-bond donors (Lipinski definition) is 0. The van der Waals surface area contributed by atoms with Crippen molar-refractivity contribution >= 4 is 15.9 Å². The first-order chi connectivity index (χ1) is 11.7. The van der Waals surface area contributed by atoms with Gasteiger partial charge in [0.2, 0.25) is 0 Å². The Morgan fingerprint density at radius 1 is 1.04 bits per heavy atom. The first-order valence-electron chi connectivity index (χ1n) is 7.44. The van der Waals surface area contributed by atoms with Crippen molar-refractivity contribution in [1.29, 1.82) is 5.26 Å². The van der Waals surface area contributed by atoms with Gasteiger partial charge in [0.1, 0.15) is 24.7 Å². The van der Waals surface area contributed by atoms with Crippen LogP contribution in [0.2, 0.25) is 0 Å². The van der Waals surface area contributed by atoms with Crippen molar-refractivity contribution in [3.05, 3.63) is 46.4 Å². The van der Waals surface area contributed by atoms with Crippen LogP contribution in [0.4, 0.5) is 0 Å². The first kappa shape index (κ1) is 18.0. The normalized spacial score (nSPS) is 9.92. The third-order valence-corrected chi connectivity index (χ3v) is 3.67. The highest BCUT2D eigenvalue weighted by atomic mass is 79.9. The Balaban J connectivity index is 1.97. The first-order valence-corrected chi connectivity index (χ1v) is 8.23. The molecule has 0 radical (unpaired) electrons. The maximum Gasteiger partial charge on any atom is 0.175 e. The van der Waals surface area contributed by atoms with Crippen molar-refractivity contribution in [1.82, 2.24) is 0 Å². The number of nitrogens with zero attached hydrogens (tertiary/aromatic N) is 1. The van der Waals surface area contributed by atoms with Crippen LogP contribution in [0.25, 0.3) is 0 Å². The maximum atomic E-state index is 9.03. The number of hydrogen-bond acceptors (Lipinski definition) is 5. The molecule has 0 spiro atoms. The summed E-state index contributed by atoms with van der Waals surface area (Å²) in [5.41, 5.74) is 0.505. The molecule has 2 rings (SSSR count). The van der Waals surface area contributed by atoms with Crippen molar-refractivity contribution < 1.29 is 18.9 Å². The Hall–Kier alpha value is -2.39. The van der Waals surface area contributed by atoms with Crippen LogP contribution in [0.1, 0.15) is 12.5 Å². The van der Waals surface area contributed by atoms with Crippen LogP contribution in [0.15, 0.2) is 40.9 Å². The van der Waals surface area contributed by atoms with Gasteiger partial charge in [0.05, 0.1) is 29.8 Å². The summed E-state index contributed by atoms with van der Waals surface area (Å²) < 4.78 is 22.8. The smallest absolute Gasteiger partial charge is 0.175 e. The maximum absolute atomic E-state index is 9.03. The van der Waals surface area contributed by atoms with E-state index in [2.05, 4.69) is 22.0 Å². The molecule has 0 atom stereocenters. The minimum absolute atomic E-state index is 0.335. The molecule has 24 heavy (non-hydrogen) atoms. The summed E-state index contributed by atoms with van der Waals surface area (Å²) in [7, 11) is 1.61. The van der Waals surface area contributed by atoms with Gasteiger partial charge in [0.15, 0.2) is 11.5 Å². The van der Waals surface area contributed by atoms with Crippen LogP contribution in [0.3, 0.4) is 0 Å². The lowest BCUT2D eigenvalue weighted by Gasteiger charge is -2.14. The predicted octanol–water partition coefficient (Wildman–Crippen LogP) is 4.19. The van der Waals surface area contributed by atoms with Crippen molar-refractivity contribution in [3.63, 3.8) is 0 Å². The Morgan fingerprint density at radius 2 is 1.79 bits per heavy atom. The molecule has 0 N–H and O–H groups in total. The minimum atomic E-state index is 0.335. The highest BCUT2D eigenvalue weighted by Crippen LogP contribution is 2.36. The van der Waals surface area contributed by atoms with E-state index in [-0.39, 0.29) is 0 Å². The van der Waals surface area contributed by atoms with E-state index in [1.165, 1.54) is 0 Å². The second-order valence-corrected chi connectivity index (χ2v) is 5.56. The zero-order valence-corrected chi connectivity index (χ0v) is 15.1. The van der Waals surface area contributed by atoms with Crippen molar-refractivity contribution in [2.75, 3.05) is 26.9 Å². The lowest BCUT2D eigenvalue weighted by molar-refractivity contribution is 0.207. The van der Waals surface area contributed by atoms with Gasteiger partial charge in [-0.25, -0.2) is 0 Å². The fourth-order valence-electron chi connectivity index (χ4n) is 2.03. The Kier molecular flexibility index (Phi) is 6.76. The molecule has 2 aromatic rings. The van der Waals surface area contributed by atoms with Gasteiger partial charge in [-0.2, -0.15) is 5.26 Å². The summed E-state index contributed by atoms with van der Waals surface area (Å²) in [5, 5.41) is 9.03. The molecule has 6 heteroatoms. The highest BCUT2D eigenvalue weighted by molar-refractivity contribution is 9.10. The molecule has 0 aromatic heterocycles. The average molecular weight is 392 g/mol. The lowest BCUT2D eigenvalue weighted by Crippen LogP contribution is -2.10. The molecule has 0 amide bonds. The number of halogens is 1. The SMILES string of the molecule is CCOc1cc(C#N)cc(Br)c1OCCOc1cccc(OC)c1. The zero-order valence-electron chi connectivity index (χ0n) is 13.5. The number of benzene rings is 2. The average Bonchev–Trinajstić information content (AvgIpc) is 2.60. The molecule has 126 valence electrons. The summed E-state index contributed by atoms with van der Waals surface area (Å²) in [5.74, 6) is 2.54. The third kappa shape index (κ3) is 4.80. The molecule has 0 aliphatic carbocycles. The fourth-order valence-corrected chi connectivity index (χ4v) is 2.59. The summed E-state index contributed by atoms with van der Waals surface area (Å²) >= 11 is 3.41. The summed E-state index contributed by atoms with van der Waals surface area (Å²) in [4.78, 5) is 0. The standard InChI is InChI=1S/C18H18BrNO4/c1-3-22-17-10-13(12-20)9-16(19)18(17)24-8-7-23-15-6-4-5-14(11-15)21-2/h4-6,9-11H,3,7-8H2,1-2H3. The molecule has 0 unspecified atom stereocenters. The van der Waals surface area contributed by atoms with Gasteiger partial charge < -0.3 is 18.9 Å². The molecule has 0 saturated heterocycles. The molecule has 0 aliphatic heterocycles. The van der Waals surface area contributed by atoms with Crippen LogP contribution in [-0.2, 0) is 0 Å². The van der Waals surface area contributed by atoms with E-state index < -0.39 is 0 Å². The van der Waals surface area contributed by atoms with E-state index in [9.17, 15) is 0 Å². The van der Waals surface area contributed by atoms with E-state index in [1.807, 2.05) is 31.2 Å². The molecule has 5 nitrogen and oxygen atoms in total. The molecular formula is C18H18BrNO4. The number of nitriles is 1. The van der Waals surface area contributed by atoms with E-state index in [1.54, 1.807) is 19.2 Å². The van der Waals surface area contributed by atoms with Gasteiger partial charge in [-0.15, -0.1) is 0 Å². The minimum Gasteiger partial charge on any atom is -0.497 e. The third-order valence-electron chi connectivity index (χ3n) is 3.08. The Morgan fingerprint density at radius 3 is 2.50 bits per heavy atom. The van der Waals surface area contributed by atoms with Gasteiger partial charge >= 0.3 is 0 Å². The predicted molar refractivity (Wildman–Crippen MR) is 94.0 cm³/mol. The number of ether oxygens (including phenoxy) is 4. The van der Waals surface area contributed by atoms with Gasteiger partial charge in [-0.05, 0) is 41.1 Å². The second kappa shape index (κ2) is 9.04. The van der Waals surface area contributed by atoms with Gasteiger partial charge in [-0.1, -0.05) is 6.07 Å². The van der Waals surface area contributed by atoms with E-state index >= 15 is 0 Å². The van der Waals surface area contributed by atoms with Crippen molar-refractivity contribution in [2.24, 2.45) is 0 Å². The monoisotopic (exact) mass is 391 g/mol. The summed E-state index contributed by atoms with van der Waals surface area (Å²) in [6.07, 6.45) is 0. The topological polar surface area (TPSA) is 60.7 Å². The Labute approximate surface area is 149 Å². The molecule has 0 aliphatic rings. The van der Waals surface area contributed by atoms with Crippen molar-refractivity contribution in [2.45, 2.75) is 6.92 Å². The van der Waals surface area contributed by atoms with E-state index in [0.717, 1.165) is 5.75 Å². The molecule has 0 heterocycles. The molecule has 0 fully saturated rings. The van der Waals surface area contributed by atoms with E-state index in [4.69, 9.17) is 24.2 Å². The molecule has 2 aromatic carbocycles. The largest absolute Gasteiger partial charge is 0.497 e. The summed E-state index contributed by atoms with van der Waals surface area (Å²) in [6, 6.07) is 12.8. The zero-order chi connectivity index (χ0) is 17.4. The van der Waals surface area contributed by atoms with Crippen LogP contribution in [0, 0.1) is 11.3 Å². The van der Waals surface area contributed by atoms with Crippen LogP contribution in [-0.4, -0.2) is 26.9 Å². The van der Waals surface area contributed by atoms with Crippen molar-refractivity contribution in [3.8, 4) is 29.1 Å². The quantitative estimate of drug-likeness (QED) is 0.631.